The first-order chi connectivity index (χ1) is 13.8. The van der Waals surface area contributed by atoms with Gasteiger partial charge in [-0.2, -0.15) is 0 Å². The molecule has 8 nitrogen and oxygen atoms in total. The molecule has 0 saturated heterocycles. The summed E-state index contributed by atoms with van der Waals surface area (Å²) in [7, 11) is -3.84. The second kappa shape index (κ2) is 10.6. The van der Waals surface area contributed by atoms with Crippen molar-refractivity contribution in [1.82, 2.24) is 5.32 Å². The number of hydrogen-bond acceptors (Lipinski definition) is 7. The number of aliphatic hydroxyl groups is 2. The maximum atomic E-state index is 11.6. The number of sulfonamides is 1. The summed E-state index contributed by atoms with van der Waals surface area (Å²) in [5.41, 5.74) is 1.73. The van der Waals surface area contributed by atoms with Crippen molar-refractivity contribution in [1.29, 1.82) is 0 Å². The molecule has 0 radical (unpaired) electrons. The van der Waals surface area contributed by atoms with Crippen LogP contribution in [0.3, 0.4) is 0 Å². The van der Waals surface area contributed by atoms with Gasteiger partial charge in [-0.15, -0.1) is 0 Å². The zero-order chi connectivity index (χ0) is 21.4. The van der Waals surface area contributed by atoms with Gasteiger partial charge in [-0.1, -0.05) is 18.2 Å². The minimum Gasteiger partial charge on any atom is -0.490 e. The van der Waals surface area contributed by atoms with Crippen LogP contribution in [0, 0.1) is 6.92 Å². The van der Waals surface area contributed by atoms with Crippen molar-refractivity contribution in [2.45, 2.75) is 31.5 Å². The van der Waals surface area contributed by atoms with Gasteiger partial charge in [-0.3, -0.25) is 0 Å². The monoisotopic (exact) mass is 424 g/mol. The van der Waals surface area contributed by atoms with E-state index in [1.807, 2.05) is 6.92 Å². The molecule has 9 heteroatoms. The molecule has 1 unspecified atom stereocenters. The van der Waals surface area contributed by atoms with E-state index < -0.39 is 16.1 Å². The summed E-state index contributed by atoms with van der Waals surface area (Å²) in [4.78, 5) is 0.00663. The van der Waals surface area contributed by atoms with Crippen molar-refractivity contribution in [2.75, 3.05) is 26.3 Å². The summed E-state index contributed by atoms with van der Waals surface area (Å²) < 4.78 is 34.5. The van der Waals surface area contributed by atoms with Crippen molar-refractivity contribution in [2.24, 2.45) is 5.14 Å². The average molecular weight is 425 g/mol. The van der Waals surface area contributed by atoms with Crippen LogP contribution in [0.5, 0.6) is 11.5 Å². The number of ether oxygens (including phenoxy) is 2. The lowest BCUT2D eigenvalue weighted by Gasteiger charge is -2.15. The summed E-state index contributed by atoms with van der Waals surface area (Å²) >= 11 is 0. The molecule has 0 aliphatic heterocycles. The molecule has 0 heterocycles. The minimum absolute atomic E-state index is 0.00663. The number of nitrogens with two attached hydrogens (primary N) is 1. The molecule has 1 atom stereocenters. The lowest BCUT2D eigenvalue weighted by molar-refractivity contribution is 0.171. The Hall–Kier alpha value is -2.17. The Labute approximate surface area is 171 Å². The van der Waals surface area contributed by atoms with Crippen molar-refractivity contribution < 1.29 is 28.1 Å². The van der Waals surface area contributed by atoms with Gasteiger partial charge < -0.3 is 25.0 Å². The molecular formula is C20H28N2O6S. The van der Waals surface area contributed by atoms with Crippen molar-refractivity contribution in [3.63, 3.8) is 0 Å². The van der Waals surface area contributed by atoms with Crippen LogP contribution in [0.25, 0.3) is 0 Å². The molecule has 5 N–H and O–H groups in total. The highest BCUT2D eigenvalue weighted by Crippen LogP contribution is 2.28. The van der Waals surface area contributed by atoms with E-state index in [1.165, 1.54) is 6.07 Å². The minimum atomic E-state index is -3.84. The molecular weight excluding hydrogens is 396 g/mol. The Bertz CT molecular complexity index is 917. The quantitative estimate of drug-likeness (QED) is 0.399. The van der Waals surface area contributed by atoms with Crippen LogP contribution in [-0.2, 0) is 16.6 Å². The topological polar surface area (TPSA) is 131 Å². The fourth-order valence-corrected chi connectivity index (χ4v) is 3.58. The number of aryl methyl sites for hydroxylation is 1. The first-order valence-electron chi connectivity index (χ1n) is 9.27. The van der Waals surface area contributed by atoms with Crippen molar-refractivity contribution in [3.05, 3.63) is 53.1 Å². The van der Waals surface area contributed by atoms with E-state index in [4.69, 9.17) is 14.6 Å². The third-order valence-corrected chi connectivity index (χ3v) is 5.32. The molecule has 2 aromatic rings. The molecule has 2 rings (SSSR count). The van der Waals surface area contributed by atoms with Crippen LogP contribution in [0.1, 0.15) is 29.7 Å². The van der Waals surface area contributed by atoms with E-state index in [2.05, 4.69) is 5.32 Å². The molecule has 0 bridgehead atoms. The molecule has 0 aliphatic rings. The van der Waals surface area contributed by atoms with Gasteiger partial charge in [0.15, 0.2) is 11.5 Å². The molecule has 160 valence electrons. The summed E-state index contributed by atoms with van der Waals surface area (Å²) in [5, 5.41) is 27.8. The Balaban J connectivity index is 1.87. The summed E-state index contributed by atoms with van der Waals surface area (Å²) in [6.45, 7) is 4.93. The van der Waals surface area contributed by atoms with Crippen molar-refractivity contribution in [3.8, 4) is 11.5 Å². The van der Waals surface area contributed by atoms with Gasteiger partial charge in [-0.05, 0) is 48.7 Å². The van der Waals surface area contributed by atoms with Gasteiger partial charge in [0, 0.05) is 13.1 Å². The number of aliphatic hydroxyl groups excluding tert-OH is 2. The standard InChI is InChI=1S/C20H28N2O6S/c1-3-27-19-10-15(13-23)5-7-18(19)28-9-8-22-12-17(24)16-6-4-14(2)20(11-16)29(21,25)26/h4-7,10-11,17,22-24H,3,8-9,12-13H2,1-2H3,(H2,21,25,26). The van der Waals surface area contributed by atoms with Crippen LogP contribution >= 0.6 is 0 Å². The fraction of sp³-hybridized carbons (Fsp3) is 0.400. The predicted molar refractivity (Wildman–Crippen MR) is 109 cm³/mol. The van der Waals surface area contributed by atoms with Gasteiger partial charge in [0.05, 0.1) is 24.2 Å². The van der Waals surface area contributed by atoms with E-state index in [-0.39, 0.29) is 18.0 Å². The Morgan fingerprint density at radius 2 is 1.90 bits per heavy atom. The van der Waals surface area contributed by atoms with E-state index in [1.54, 1.807) is 37.3 Å². The molecule has 2 aromatic carbocycles. The molecule has 0 amide bonds. The third-order valence-electron chi connectivity index (χ3n) is 4.27. The molecule has 29 heavy (non-hydrogen) atoms. The summed E-state index contributed by atoms with van der Waals surface area (Å²) in [6.07, 6.45) is -0.890. The van der Waals surface area contributed by atoms with E-state index in [9.17, 15) is 18.6 Å². The smallest absolute Gasteiger partial charge is 0.238 e. The third kappa shape index (κ3) is 6.69. The average Bonchev–Trinajstić information content (AvgIpc) is 2.68. The first kappa shape index (κ1) is 23.1. The van der Waals surface area contributed by atoms with E-state index >= 15 is 0 Å². The fourth-order valence-electron chi connectivity index (χ4n) is 2.76. The molecule has 0 aliphatic carbocycles. The lowest BCUT2D eigenvalue weighted by atomic mass is 10.1. The maximum Gasteiger partial charge on any atom is 0.238 e. The number of nitrogens with one attached hydrogen (secondary N) is 1. The van der Waals surface area contributed by atoms with Crippen molar-refractivity contribution >= 4 is 10.0 Å². The number of benzene rings is 2. The normalized spacial score (nSPS) is 12.6. The highest BCUT2D eigenvalue weighted by atomic mass is 32.2. The molecule has 0 saturated carbocycles. The van der Waals surface area contributed by atoms with Gasteiger partial charge >= 0.3 is 0 Å². The van der Waals surface area contributed by atoms with Gasteiger partial charge in [-0.25, -0.2) is 13.6 Å². The van der Waals surface area contributed by atoms with Crippen LogP contribution in [0.4, 0.5) is 0 Å². The zero-order valence-electron chi connectivity index (χ0n) is 16.6. The van der Waals surface area contributed by atoms with Gasteiger partial charge in [0.2, 0.25) is 10.0 Å². The van der Waals surface area contributed by atoms with E-state index in [0.717, 1.165) is 5.56 Å². The molecule has 0 spiro atoms. The lowest BCUT2D eigenvalue weighted by Crippen LogP contribution is -2.26. The number of hydrogen-bond donors (Lipinski definition) is 4. The van der Waals surface area contributed by atoms with Gasteiger partial charge in [0.1, 0.15) is 6.61 Å². The Kier molecular flexibility index (Phi) is 8.42. The molecule has 0 fully saturated rings. The molecule has 0 aromatic heterocycles. The Morgan fingerprint density at radius 1 is 1.14 bits per heavy atom. The first-order valence-corrected chi connectivity index (χ1v) is 10.8. The summed E-state index contributed by atoms with van der Waals surface area (Å²) in [6, 6.07) is 9.92. The van der Waals surface area contributed by atoms with Crippen LogP contribution in [-0.4, -0.2) is 44.9 Å². The SMILES string of the molecule is CCOc1cc(CO)ccc1OCCNCC(O)c1ccc(C)c(S(N)(=O)=O)c1. The zero-order valence-corrected chi connectivity index (χ0v) is 17.4. The predicted octanol–water partition coefficient (Wildman–Crippen LogP) is 1.24. The van der Waals surface area contributed by atoms with Gasteiger partial charge in [0.25, 0.3) is 0 Å². The maximum absolute atomic E-state index is 11.6. The number of primary sulfonamides is 1. The highest BCUT2D eigenvalue weighted by molar-refractivity contribution is 7.89. The Morgan fingerprint density at radius 3 is 2.55 bits per heavy atom. The highest BCUT2D eigenvalue weighted by Gasteiger charge is 2.15. The van der Waals surface area contributed by atoms with E-state index in [0.29, 0.717) is 42.4 Å². The second-order valence-electron chi connectivity index (χ2n) is 6.51. The van der Waals surface area contributed by atoms with Crippen LogP contribution in [0.2, 0.25) is 0 Å². The largest absolute Gasteiger partial charge is 0.490 e. The number of rotatable bonds is 11. The van der Waals surface area contributed by atoms with Crippen LogP contribution in [0.15, 0.2) is 41.3 Å². The summed E-state index contributed by atoms with van der Waals surface area (Å²) in [5.74, 6) is 1.14. The van der Waals surface area contributed by atoms with Crippen LogP contribution < -0.4 is 19.9 Å². The second-order valence-corrected chi connectivity index (χ2v) is 8.04.